The normalized spacial score (nSPS) is 26.3. The lowest BCUT2D eigenvalue weighted by molar-refractivity contribution is 0.0563. The minimum absolute atomic E-state index is 0.697. The van der Waals surface area contributed by atoms with Crippen LogP contribution in [0.4, 0.5) is 8.78 Å². The summed E-state index contributed by atoms with van der Waals surface area (Å²) in [7, 11) is 0. The quantitative estimate of drug-likeness (QED) is 0.672. The number of hydrogen-bond donors (Lipinski definition) is 0. The Labute approximate surface area is 77.3 Å². The maximum absolute atomic E-state index is 13.1. The molecule has 1 atom stereocenters. The third kappa shape index (κ3) is 1.29. The lowest BCUT2D eigenvalue weighted by atomic mass is 10.2. The van der Waals surface area contributed by atoms with Crippen molar-refractivity contribution in [2.24, 2.45) is 0 Å². The van der Waals surface area contributed by atoms with E-state index in [1.54, 1.807) is 12.1 Å². The number of rotatable bonds is 1. The molecular weight excluding hydrogens is 198 g/mol. The molecule has 2 heterocycles. The smallest absolute Gasteiger partial charge is 0.200 e. The summed E-state index contributed by atoms with van der Waals surface area (Å²) < 4.78 is 26.1. The van der Waals surface area contributed by atoms with Gasteiger partial charge in [0.2, 0.25) is 0 Å². The van der Waals surface area contributed by atoms with Crippen LogP contribution in [0.3, 0.4) is 0 Å². The zero-order valence-electron chi connectivity index (χ0n) is 6.04. The number of allylic oxidation sites excluding steroid dienone is 1. The van der Waals surface area contributed by atoms with Gasteiger partial charge in [0.15, 0.2) is 0 Å². The third-order valence-corrected chi connectivity index (χ3v) is 3.88. The molecule has 0 radical (unpaired) electrons. The summed E-state index contributed by atoms with van der Waals surface area (Å²) in [6.45, 7) is 0. The maximum atomic E-state index is 13.1. The van der Waals surface area contributed by atoms with Crippen LogP contribution in [-0.4, -0.2) is 5.92 Å². The van der Waals surface area contributed by atoms with Crippen molar-refractivity contribution in [1.82, 2.24) is 0 Å². The fourth-order valence-corrected chi connectivity index (χ4v) is 3.06. The molecule has 64 valence electrons. The van der Waals surface area contributed by atoms with E-state index in [-0.39, 0.29) is 0 Å². The number of hydrogen-bond acceptors (Lipinski definition) is 2. The van der Waals surface area contributed by atoms with Crippen molar-refractivity contribution in [3.05, 3.63) is 33.9 Å². The van der Waals surface area contributed by atoms with Crippen LogP contribution in [0, 0.1) is 0 Å². The van der Waals surface area contributed by atoms with Gasteiger partial charge >= 0.3 is 0 Å². The average molecular weight is 204 g/mol. The summed E-state index contributed by atoms with van der Waals surface area (Å²) in [6, 6.07) is 3.55. The van der Waals surface area contributed by atoms with Gasteiger partial charge in [-0.3, -0.25) is 0 Å². The van der Waals surface area contributed by atoms with Crippen molar-refractivity contribution in [2.75, 3.05) is 0 Å². The molecule has 0 saturated carbocycles. The van der Waals surface area contributed by atoms with Gasteiger partial charge in [-0.25, -0.2) is 8.78 Å². The van der Waals surface area contributed by atoms with Crippen LogP contribution in [0.2, 0.25) is 0 Å². The van der Waals surface area contributed by atoms with Crippen LogP contribution >= 0.6 is 23.1 Å². The maximum Gasteiger partial charge on any atom is 0.284 e. The zero-order valence-corrected chi connectivity index (χ0v) is 7.67. The molecule has 1 aromatic heterocycles. The standard InChI is InChI=1S/C8H6F2S2/c9-8(10)3-5-12-7(8)6-2-1-4-11-6/h1-5,7H. The molecule has 0 fully saturated rings. The first-order valence-electron chi connectivity index (χ1n) is 3.44. The van der Waals surface area contributed by atoms with E-state index in [2.05, 4.69) is 0 Å². The number of thioether (sulfide) groups is 1. The van der Waals surface area contributed by atoms with E-state index in [9.17, 15) is 8.78 Å². The molecule has 0 aliphatic carbocycles. The highest BCUT2D eigenvalue weighted by molar-refractivity contribution is 8.02. The number of alkyl halides is 2. The van der Waals surface area contributed by atoms with Gasteiger partial charge in [-0.15, -0.1) is 23.1 Å². The van der Waals surface area contributed by atoms with Crippen molar-refractivity contribution in [2.45, 2.75) is 11.2 Å². The van der Waals surface area contributed by atoms with Gasteiger partial charge in [-0.2, -0.15) is 0 Å². The van der Waals surface area contributed by atoms with E-state index in [4.69, 9.17) is 0 Å². The van der Waals surface area contributed by atoms with Crippen LogP contribution in [0.5, 0.6) is 0 Å². The van der Waals surface area contributed by atoms with Crippen LogP contribution in [0.25, 0.3) is 0 Å². The van der Waals surface area contributed by atoms with E-state index in [0.717, 1.165) is 11.0 Å². The molecule has 1 aromatic rings. The number of thiophene rings is 1. The molecule has 1 aliphatic rings. The Morgan fingerprint density at radius 1 is 1.42 bits per heavy atom. The van der Waals surface area contributed by atoms with E-state index in [1.807, 2.05) is 5.38 Å². The van der Waals surface area contributed by atoms with E-state index >= 15 is 0 Å². The van der Waals surface area contributed by atoms with Crippen LogP contribution in [0.15, 0.2) is 29.0 Å². The van der Waals surface area contributed by atoms with Gasteiger partial charge in [-0.05, 0) is 22.9 Å². The topological polar surface area (TPSA) is 0 Å². The van der Waals surface area contributed by atoms with Gasteiger partial charge in [0, 0.05) is 4.88 Å². The number of halogens is 2. The minimum Gasteiger partial charge on any atom is -0.200 e. The van der Waals surface area contributed by atoms with E-state index in [1.165, 1.54) is 28.5 Å². The van der Waals surface area contributed by atoms with Crippen LogP contribution in [0.1, 0.15) is 10.1 Å². The summed E-state index contributed by atoms with van der Waals surface area (Å²) in [6.07, 6.45) is 0.974. The predicted molar refractivity (Wildman–Crippen MR) is 48.7 cm³/mol. The molecule has 2 rings (SSSR count). The largest absolute Gasteiger partial charge is 0.284 e. The molecule has 12 heavy (non-hydrogen) atoms. The molecule has 0 aromatic carbocycles. The molecule has 0 bridgehead atoms. The first-order valence-corrected chi connectivity index (χ1v) is 5.27. The second-order valence-electron chi connectivity index (χ2n) is 2.51. The van der Waals surface area contributed by atoms with Crippen molar-refractivity contribution < 1.29 is 8.78 Å². The Balaban J connectivity index is 2.28. The van der Waals surface area contributed by atoms with Crippen LogP contribution < -0.4 is 0 Å². The molecule has 0 N–H and O–H groups in total. The van der Waals surface area contributed by atoms with Crippen molar-refractivity contribution in [3.8, 4) is 0 Å². The fourth-order valence-electron chi connectivity index (χ4n) is 1.08. The SMILES string of the molecule is FC1(F)C=CSC1c1cccs1. The summed E-state index contributed by atoms with van der Waals surface area (Å²) in [4.78, 5) is 0.745. The zero-order chi connectivity index (χ0) is 8.60. The molecule has 1 aliphatic heterocycles. The summed E-state index contributed by atoms with van der Waals surface area (Å²) in [5, 5.41) is 2.60. The highest BCUT2D eigenvalue weighted by Crippen LogP contribution is 2.49. The Morgan fingerprint density at radius 2 is 2.25 bits per heavy atom. The molecular formula is C8H6F2S2. The minimum atomic E-state index is -2.67. The lowest BCUT2D eigenvalue weighted by Gasteiger charge is -2.15. The molecule has 0 amide bonds. The van der Waals surface area contributed by atoms with Crippen LogP contribution in [-0.2, 0) is 0 Å². The summed E-state index contributed by atoms with van der Waals surface area (Å²) in [5.74, 6) is -2.67. The first kappa shape index (κ1) is 8.26. The Kier molecular flexibility index (Phi) is 1.96. The van der Waals surface area contributed by atoms with Crippen molar-refractivity contribution in [1.29, 1.82) is 0 Å². The van der Waals surface area contributed by atoms with Gasteiger partial charge in [0.1, 0.15) is 5.25 Å². The molecule has 0 saturated heterocycles. The Morgan fingerprint density at radius 3 is 2.75 bits per heavy atom. The predicted octanol–water partition coefficient (Wildman–Crippen LogP) is 3.69. The molecule has 4 heteroatoms. The Hall–Kier alpha value is -0.350. The van der Waals surface area contributed by atoms with E-state index < -0.39 is 11.2 Å². The second-order valence-corrected chi connectivity index (χ2v) is 4.50. The highest BCUT2D eigenvalue weighted by atomic mass is 32.2. The monoisotopic (exact) mass is 204 g/mol. The average Bonchev–Trinajstić information content (AvgIpc) is 2.55. The van der Waals surface area contributed by atoms with Gasteiger partial charge in [0.05, 0.1) is 0 Å². The lowest BCUT2D eigenvalue weighted by Crippen LogP contribution is -2.16. The van der Waals surface area contributed by atoms with E-state index in [0.29, 0.717) is 0 Å². The first-order chi connectivity index (χ1) is 5.70. The van der Waals surface area contributed by atoms with Crippen molar-refractivity contribution in [3.63, 3.8) is 0 Å². The molecule has 1 unspecified atom stereocenters. The fraction of sp³-hybridized carbons (Fsp3) is 0.250. The van der Waals surface area contributed by atoms with Gasteiger partial charge in [-0.1, -0.05) is 6.07 Å². The van der Waals surface area contributed by atoms with Crippen molar-refractivity contribution >= 4 is 23.1 Å². The molecule has 0 nitrogen and oxygen atoms in total. The highest BCUT2D eigenvalue weighted by Gasteiger charge is 2.42. The third-order valence-electron chi connectivity index (χ3n) is 1.66. The Bertz CT molecular complexity index is 290. The van der Waals surface area contributed by atoms with Gasteiger partial charge < -0.3 is 0 Å². The second kappa shape index (κ2) is 2.85. The summed E-state index contributed by atoms with van der Waals surface area (Å²) >= 11 is 2.57. The summed E-state index contributed by atoms with van der Waals surface area (Å²) in [5.41, 5.74) is 0. The molecule has 0 spiro atoms. The van der Waals surface area contributed by atoms with Gasteiger partial charge in [0.25, 0.3) is 5.92 Å².